The molecule has 2 aromatic heterocycles. The molecule has 5 aromatic rings. The summed E-state index contributed by atoms with van der Waals surface area (Å²) in [7, 11) is 0. The summed E-state index contributed by atoms with van der Waals surface area (Å²) < 4.78 is 8.52. The summed E-state index contributed by atoms with van der Waals surface area (Å²) >= 11 is 3.66. The molecule has 0 unspecified atom stereocenters. The highest BCUT2D eigenvalue weighted by molar-refractivity contribution is 14.1. The van der Waals surface area contributed by atoms with E-state index in [0.717, 1.165) is 14.6 Å². The number of carboxylic acids is 1. The molecule has 0 amide bonds. The Balaban J connectivity index is 1.58. The van der Waals surface area contributed by atoms with Crippen LogP contribution >= 0.6 is 34.4 Å². The van der Waals surface area contributed by atoms with Crippen molar-refractivity contribution in [3.63, 3.8) is 0 Å². The zero-order chi connectivity index (χ0) is 23.7. The fourth-order valence-corrected chi connectivity index (χ4v) is 4.98. The van der Waals surface area contributed by atoms with Crippen LogP contribution in [0, 0.1) is 3.57 Å². The van der Waals surface area contributed by atoms with Crippen LogP contribution in [-0.4, -0.2) is 20.6 Å². The fourth-order valence-electron chi connectivity index (χ4n) is 3.62. The van der Waals surface area contributed by atoms with Crippen LogP contribution in [0.3, 0.4) is 0 Å². The van der Waals surface area contributed by atoms with Crippen molar-refractivity contribution >= 4 is 51.3 Å². The van der Waals surface area contributed by atoms with Gasteiger partial charge in [0, 0.05) is 26.6 Å². The van der Waals surface area contributed by atoms with E-state index in [1.165, 1.54) is 11.8 Å². The van der Waals surface area contributed by atoms with Crippen molar-refractivity contribution in [2.45, 2.75) is 10.9 Å². The van der Waals surface area contributed by atoms with Crippen molar-refractivity contribution in [2.75, 3.05) is 0 Å². The number of rotatable bonds is 6. The van der Waals surface area contributed by atoms with Gasteiger partial charge >= 0.3 is 11.6 Å². The Morgan fingerprint density at radius 1 is 1.03 bits per heavy atom. The molecular weight excluding hydrogens is 563 g/mol. The van der Waals surface area contributed by atoms with Gasteiger partial charge in [-0.25, -0.2) is 14.6 Å². The number of aromatic carboxylic acids is 1. The molecule has 3 aromatic carbocycles. The standard InChI is InChI=1S/C26H17IN2O4S/c27-18-9-11-19(12-10-18)29-14-22(21-13-16-5-2-4-8-23(16)33-25(21)32)28-26(29)34-15-17-6-1-3-7-20(17)24(30)31/h1-14H,15H2,(H,30,31). The second-order valence-electron chi connectivity index (χ2n) is 7.49. The summed E-state index contributed by atoms with van der Waals surface area (Å²) in [6.07, 6.45) is 1.81. The van der Waals surface area contributed by atoms with Crippen molar-refractivity contribution in [3.8, 4) is 16.9 Å². The van der Waals surface area contributed by atoms with Crippen LogP contribution in [-0.2, 0) is 5.75 Å². The maximum atomic E-state index is 12.7. The quantitative estimate of drug-likeness (QED) is 0.145. The molecule has 0 bridgehead atoms. The first-order chi connectivity index (χ1) is 16.5. The molecule has 0 saturated heterocycles. The van der Waals surface area contributed by atoms with Gasteiger partial charge in [-0.3, -0.25) is 4.57 Å². The van der Waals surface area contributed by atoms with Crippen LogP contribution in [0.1, 0.15) is 15.9 Å². The highest BCUT2D eigenvalue weighted by atomic mass is 127. The average molecular weight is 580 g/mol. The minimum atomic E-state index is -0.966. The first kappa shape index (κ1) is 22.4. The molecule has 2 heterocycles. The summed E-state index contributed by atoms with van der Waals surface area (Å²) in [5.74, 6) is -0.554. The third-order valence-electron chi connectivity index (χ3n) is 5.30. The van der Waals surface area contributed by atoms with Crippen LogP contribution in [0.2, 0.25) is 0 Å². The number of imidazole rings is 1. The van der Waals surface area contributed by atoms with E-state index < -0.39 is 11.6 Å². The predicted molar refractivity (Wildman–Crippen MR) is 141 cm³/mol. The first-order valence-electron chi connectivity index (χ1n) is 10.3. The minimum absolute atomic E-state index is 0.262. The van der Waals surface area contributed by atoms with Crippen molar-refractivity contribution in [2.24, 2.45) is 0 Å². The Kier molecular flexibility index (Phi) is 6.25. The van der Waals surface area contributed by atoms with E-state index >= 15 is 0 Å². The first-order valence-corrected chi connectivity index (χ1v) is 12.4. The number of aromatic nitrogens is 2. The number of carboxylic acid groups (broad SMARTS) is 1. The van der Waals surface area contributed by atoms with E-state index in [9.17, 15) is 14.7 Å². The molecule has 0 spiro atoms. The molecule has 0 radical (unpaired) electrons. The van der Waals surface area contributed by atoms with Gasteiger partial charge in [0.25, 0.3) is 0 Å². The molecule has 5 rings (SSSR count). The largest absolute Gasteiger partial charge is 0.478 e. The van der Waals surface area contributed by atoms with Crippen molar-refractivity contribution in [1.29, 1.82) is 0 Å². The molecule has 0 saturated carbocycles. The molecule has 0 aliphatic carbocycles. The maximum absolute atomic E-state index is 12.7. The van der Waals surface area contributed by atoms with E-state index in [0.29, 0.717) is 33.3 Å². The van der Waals surface area contributed by atoms with Gasteiger partial charge < -0.3 is 9.52 Å². The lowest BCUT2D eigenvalue weighted by atomic mass is 10.1. The number of para-hydroxylation sites is 1. The van der Waals surface area contributed by atoms with Crippen molar-refractivity contribution in [1.82, 2.24) is 9.55 Å². The SMILES string of the molecule is O=C(O)c1ccccc1CSc1nc(-c2cc3ccccc3oc2=O)cn1-c1ccc(I)cc1. The molecule has 0 atom stereocenters. The Morgan fingerprint density at radius 2 is 1.76 bits per heavy atom. The van der Waals surface area contributed by atoms with E-state index in [2.05, 4.69) is 22.6 Å². The smallest absolute Gasteiger partial charge is 0.345 e. The van der Waals surface area contributed by atoms with Crippen molar-refractivity contribution < 1.29 is 14.3 Å². The van der Waals surface area contributed by atoms with Crippen LogP contribution in [0.5, 0.6) is 0 Å². The third kappa shape index (κ3) is 4.51. The molecule has 8 heteroatoms. The van der Waals surface area contributed by atoms with Gasteiger partial charge in [-0.15, -0.1) is 0 Å². The molecule has 0 aliphatic heterocycles. The van der Waals surface area contributed by atoms with E-state index in [4.69, 9.17) is 9.40 Å². The second kappa shape index (κ2) is 9.47. The number of benzene rings is 3. The number of carbonyl (C=O) groups is 1. The van der Waals surface area contributed by atoms with Crippen LogP contribution in [0.15, 0.2) is 99.4 Å². The Hall–Kier alpha value is -3.37. The summed E-state index contributed by atoms with van der Waals surface area (Å²) in [5.41, 5.74) is 2.77. The lowest BCUT2D eigenvalue weighted by Crippen LogP contribution is -2.02. The molecule has 0 fully saturated rings. The van der Waals surface area contributed by atoms with Gasteiger partial charge in [-0.1, -0.05) is 48.2 Å². The van der Waals surface area contributed by atoms with Gasteiger partial charge in [0.05, 0.1) is 16.8 Å². The molecule has 1 N–H and O–H groups in total. The number of nitrogens with zero attached hydrogens (tertiary/aromatic N) is 2. The third-order valence-corrected chi connectivity index (χ3v) is 7.02. The number of hydrogen-bond acceptors (Lipinski definition) is 5. The number of fused-ring (bicyclic) bond motifs is 1. The van der Waals surface area contributed by atoms with Crippen LogP contribution in [0.4, 0.5) is 0 Å². The summed E-state index contributed by atoms with van der Waals surface area (Å²) in [4.78, 5) is 29.1. The topological polar surface area (TPSA) is 85.3 Å². The Bertz CT molecular complexity index is 1570. The number of hydrogen-bond donors (Lipinski definition) is 1. The maximum Gasteiger partial charge on any atom is 0.345 e. The highest BCUT2D eigenvalue weighted by Crippen LogP contribution is 2.30. The number of halogens is 1. The van der Waals surface area contributed by atoms with Crippen LogP contribution < -0.4 is 5.63 Å². The highest BCUT2D eigenvalue weighted by Gasteiger charge is 2.17. The molecule has 34 heavy (non-hydrogen) atoms. The molecule has 168 valence electrons. The van der Waals surface area contributed by atoms with Gasteiger partial charge in [0.2, 0.25) is 0 Å². The summed E-state index contributed by atoms with van der Waals surface area (Å²) in [5, 5.41) is 11.0. The summed E-state index contributed by atoms with van der Waals surface area (Å²) in [6, 6.07) is 24.0. The molecule has 6 nitrogen and oxygen atoms in total. The fraction of sp³-hybridized carbons (Fsp3) is 0.0385. The zero-order valence-electron chi connectivity index (χ0n) is 17.6. The predicted octanol–water partition coefficient (Wildman–Crippen LogP) is 6.24. The minimum Gasteiger partial charge on any atom is -0.478 e. The Morgan fingerprint density at radius 3 is 2.56 bits per heavy atom. The van der Waals surface area contributed by atoms with Gasteiger partial charge in [0.1, 0.15) is 5.58 Å². The van der Waals surface area contributed by atoms with E-state index in [1.54, 1.807) is 30.3 Å². The van der Waals surface area contributed by atoms with Gasteiger partial charge in [0.15, 0.2) is 5.16 Å². The number of thioether (sulfide) groups is 1. The molecular formula is C26H17IN2O4S. The van der Waals surface area contributed by atoms with Crippen LogP contribution in [0.25, 0.3) is 27.9 Å². The zero-order valence-corrected chi connectivity index (χ0v) is 20.6. The van der Waals surface area contributed by atoms with Crippen molar-refractivity contribution in [3.05, 3.63) is 110 Å². The second-order valence-corrected chi connectivity index (χ2v) is 9.68. The van der Waals surface area contributed by atoms with E-state index in [1.807, 2.05) is 59.3 Å². The summed E-state index contributed by atoms with van der Waals surface area (Å²) in [6.45, 7) is 0. The normalized spacial score (nSPS) is 11.1. The monoisotopic (exact) mass is 580 g/mol. The lowest BCUT2D eigenvalue weighted by Gasteiger charge is -2.09. The van der Waals surface area contributed by atoms with Gasteiger partial charge in [-0.05, 0) is 70.6 Å². The van der Waals surface area contributed by atoms with E-state index in [-0.39, 0.29) is 5.56 Å². The molecule has 0 aliphatic rings. The van der Waals surface area contributed by atoms with Gasteiger partial charge in [-0.2, -0.15) is 0 Å². The lowest BCUT2D eigenvalue weighted by molar-refractivity contribution is 0.0696. The Labute approximate surface area is 212 Å². The average Bonchev–Trinajstić information content (AvgIpc) is 3.26.